The van der Waals surface area contributed by atoms with Crippen LogP contribution in [-0.2, 0) is 12.8 Å². The minimum absolute atomic E-state index is 0.0110. The monoisotopic (exact) mass is 483 g/mol. The Hall–Kier alpha value is -3.16. The van der Waals surface area contributed by atoms with Gasteiger partial charge in [-0.25, -0.2) is 13.2 Å². The summed E-state index contributed by atoms with van der Waals surface area (Å²) in [7, 11) is 0. The van der Waals surface area contributed by atoms with Gasteiger partial charge < -0.3 is 10.7 Å². The van der Waals surface area contributed by atoms with Gasteiger partial charge in [-0.3, -0.25) is 14.6 Å². The number of carbonyl (C=O) groups is 1. The van der Waals surface area contributed by atoms with E-state index in [1.165, 1.54) is 23.4 Å². The average Bonchev–Trinajstić information content (AvgIpc) is 3.54. The third kappa shape index (κ3) is 4.23. The largest absolute Gasteiger partial charge is 0.364 e. The van der Waals surface area contributed by atoms with Gasteiger partial charge in [0.15, 0.2) is 5.43 Å². The molecule has 0 saturated heterocycles. The Morgan fingerprint density at radius 2 is 1.94 bits per heavy atom. The number of nitrogens with two attached hydrogens (primary N) is 1. The van der Waals surface area contributed by atoms with E-state index in [0.717, 1.165) is 24.8 Å². The highest BCUT2D eigenvalue weighted by atomic mass is 19.3. The third-order valence-corrected chi connectivity index (χ3v) is 7.98. The second-order valence-corrected chi connectivity index (χ2v) is 10.0. The smallest absolute Gasteiger partial charge is 0.268 e. The molecular formula is C27H28F3N3O2. The van der Waals surface area contributed by atoms with Gasteiger partial charge in [0.25, 0.3) is 11.8 Å². The van der Waals surface area contributed by atoms with Crippen LogP contribution in [-0.4, -0.2) is 21.8 Å². The molecule has 2 heterocycles. The van der Waals surface area contributed by atoms with Gasteiger partial charge in [-0.1, -0.05) is 6.07 Å². The van der Waals surface area contributed by atoms with Crippen LogP contribution in [0.5, 0.6) is 0 Å². The zero-order valence-electron chi connectivity index (χ0n) is 19.5. The number of rotatable bonds is 2. The normalized spacial score (nSPS) is 24.1. The maximum Gasteiger partial charge on any atom is 0.268 e. The van der Waals surface area contributed by atoms with E-state index in [-0.39, 0.29) is 40.6 Å². The topological polar surface area (TPSA) is 88.8 Å². The maximum atomic E-state index is 13.9. The lowest BCUT2D eigenvalue weighted by atomic mass is 9.97. The van der Waals surface area contributed by atoms with Crippen molar-refractivity contribution in [1.82, 2.24) is 9.97 Å². The van der Waals surface area contributed by atoms with E-state index >= 15 is 0 Å². The SMILES string of the molecule is Cc1ccc(F)c2c1CCC2.NC(=O)c1nccc2[nH]c(C3CC4CCC(F)(F)C4C3)cc(=O)c12. The van der Waals surface area contributed by atoms with Crippen LogP contribution in [0.25, 0.3) is 10.9 Å². The molecular weight excluding hydrogens is 455 g/mol. The molecule has 6 rings (SSSR count). The van der Waals surface area contributed by atoms with Gasteiger partial charge in [0.2, 0.25) is 0 Å². The molecule has 0 radical (unpaired) electrons. The molecule has 1 amide bonds. The zero-order chi connectivity index (χ0) is 24.9. The first-order chi connectivity index (χ1) is 16.7. The quantitative estimate of drug-likeness (QED) is 0.526. The number of hydrogen-bond donors (Lipinski definition) is 2. The number of amides is 1. The highest BCUT2D eigenvalue weighted by Gasteiger charge is 2.54. The van der Waals surface area contributed by atoms with Gasteiger partial charge in [-0.05, 0) is 86.1 Å². The molecule has 3 atom stereocenters. The lowest BCUT2D eigenvalue weighted by molar-refractivity contribution is -0.0412. The van der Waals surface area contributed by atoms with Crippen LogP contribution in [0.2, 0.25) is 0 Å². The van der Waals surface area contributed by atoms with Crippen molar-refractivity contribution in [2.45, 2.75) is 63.7 Å². The molecule has 35 heavy (non-hydrogen) atoms. The summed E-state index contributed by atoms with van der Waals surface area (Å²) in [5.74, 6) is -4.05. The van der Waals surface area contributed by atoms with Crippen LogP contribution < -0.4 is 11.2 Å². The third-order valence-electron chi connectivity index (χ3n) is 7.98. The lowest BCUT2D eigenvalue weighted by Gasteiger charge is -2.18. The predicted molar refractivity (Wildman–Crippen MR) is 127 cm³/mol. The van der Waals surface area contributed by atoms with Crippen LogP contribution in [0.3, 0.4) is 0 Å². The molecule has 2 aromatic heterocycles. The Labute approximate surface area is 201 Å². The second-order valence-electron chi connectivity index (χ2n) is 10.0. The highest BCUT2D eigenvalue weighted by Crippen LogP contribution is 2.56. The van der Waals surface area contributed by atoms with Crippen LogP contribution in [0.15, 0.2) is 35.3 Å². The highest BCUT2D eigenvalue weighted by molar-refractivity contribution is 6.03. The molecule has 0 spiro atoms. The number of primary amides is 1. The molecule has 3 N–H and O–H groups in total. The van der Waals surface area contributed by atoms with Crippen molar-refractivity contribution in [2.75, 3.05) is 0 Å². The number of benzene rings is 1. The molecule has 2 fully saturated rings. The van der Waals surface area contributed by atoms with E-state index in [9.17, 15) is 22.8 Å². The van der Waals surface area contributed by atoms with Crippen LogP contribution in [0.4, 0.5) is 13.2 Å². The number of aromatic amines is 1. The number of pyridine rings is 2. The number of alkyl halides is 2. The van der Waals surface area contributed by atoms with Crippen LogP contribution in [0.1, 0.15) is 70.9 Å². The first-order valence-corrected chi connectivity index (χ1v) is 12.1. The van der Waals surface area contributed by atoms with E-state index in [1.807, 2.05) is 6.07 Å². The number of nitrogens with one attached hydrogen (secondary N) is 1. The molecule has 3 aromatic rings. The van der Waals surface area contributed by atoms with E-state index in [2.05, 4.69) is 16.9 Å². The lowest BCUT2D eigenvalue weighted by Crippen LogP contribution is -2.22. The summed E-state index contributed by atoms with van der Waals surface area (Å²) >= 11 is 0. The molecule has 0 bridgehead atoms. The summed E-state index contributed by atoms with van der Waals surface area (Å²) < 4.78 is 40.9. The van der Waals surface area contributed by atoms with E-state index in [1.54, 1.807) is 12.1 Å². The van der Waals surface area contributed by atoms with Crippen LogP contribution in [0, 0.1) is 24.6 Å². The van der Waals surface area contributed by atoms with Crippen LogP contribution >= 0.6 is 0 Å². The first-order valence-electron chi connectivity index (χ1n) is 12.1. The minimum atomic E-state index is -2.60. The Balaban J connectivity index is 0.000000192. The number of nitrogens with zero attached hydrogens (tertiary/aromatic N) is 1. The second kappa shape index (κ2) is 8.81. The summed E-state index contributed by atoms with van der Waals surface area (Å²) in [6.07, 6.45) is 6.08. The van der Waals surface area contributed by atoms with Gasteiger partial charge in [0.1, 0.15) is 11.5 Å². The van der Waals surface area contributed by atoms with Crippen molar-refractivity contribution in [2.24, 2.45) is 17.6 Å². The minimum Gasteiger partial charge on any atom is -0.364 e. The van der Waals surface area contributed by atoms with E-state index in [0.29, 0.717) is 30.5 Å². The van der Waals surface area contributed by atoms with Crippen molar-refractivity contribution in [3.63, 3.8) is 0 Å². The molecule has 3 aliphatic rings. The van der Waals surface area contributed by atoms with Crippen molar-refractivity contribution >= 4 is 16.8 Å². The number of aryl methyl sites for hydroxylation is 1. The average molecular weight is 484 g/mol. The van der Waals surface area contributed by atoms with Gasteiger partial charge >= 0.3 is 0 Å². The van der Waals surface area contributed by atoms with Crippen molar-refractivity contribution in [3.8, 4) is 0 Å². The maximum absolute atomic E-state index is 13.9. The first kappa shape index (κ1) is 23.6. The fourth-order valence-electron chi connectivity index (χ4n) is 6.25. The van der Waals surface area contributed by atoms with E-state index < -0.39 is 17.7 Å². The van der Waals surface area contributed by atoms with Crippen molar-refractivity contribution in [1.29, 1.82) is 0 Å². The fourth-order valence-corrected chi connectivity index (χ4v) is 6.25. The number of halogens is 3. The Kier molecular flexibility index (Phi) is 5.93. The van der Waals surface area contributed by atoms with Crippen molar-refractivity contribution in [3.05, 3.63) is 74.6 Å². The number of aromatic nitrogens is 2. The molecule has 8 heteroatoms. The number of carbonyl (C=O) groups excluding carboxylic acids is 1. The summed E-state index contributed by atoms with van der Waals surface area (Å²) in [5, 5.41) is 0.150. The van der Waals surface area contributed by atoms with Gasteiger partial charge in [0.05, 0.1) is 10.9 Å². The van der Waals surface area contributed by atoms with Gasteiger partial charge in [-0.15, -0.1) is 0 Å². The molecule has 0 aliphatic heterocycles. The zero-order valence-corrected chi connectivity index (χ0v) is 19.5. The molecule has 5 nitrogen and oxygen atoms in total. The molecule has 2 saturated carbocycles. The Morgan fingerprint density at radius 1 is 1.17 bits per heavy atom. The predicted octanol–water partition coefficient (Wildman–Crippen LogP) is 5.18. The van der Waals surface area contributed by atoms with E-state index in [4.69, 9.17) is 5.73 Å². The summed E-state index contributed by atoms with van der Waals surface area (Å²) in [6, 6.07) is 6.45. The fraction of sp³-hybridized carbons (Fsp3) is 0.444. The van der Waals surface area contributed by atoms with Gasteiger partial charge in [-0.2, -0.15) is 0 Å². The Morgan fingerprint density at radius 3 is 2.66 bits per heavy atom. The van der Waals surface area contributed by atoms with Crippen molar-refractivity contribution < 1.29 is 18.0 Å². The molecule has 3 unspecified atom stereocenters. The summed E-state index contributed by atoms with van der Waals surface area (Å²) in [4.78, 5) is 30.9. The molecule has 184 valence electrons. The number of H-pyrrole nitrogens is 1. The summed E-state index contributed by atoms with van der Waals surface area (Å²) in [5.41, 5.74) is 9.41. The number of fused-ring (bicyclic) bond motifs is 3. The Bertz CT molecular complexity index is 1340. The molecule has 1 aromatic carbocycles. The summed E-state index contributed by atoms with van der Waals surface area (Å²) in [6.45, 7) is 2.06. The standard InChI is InChI=1S/C17H17F2N3O2.C10H11F/c18-17(19)3-1-8-5-9(6-10(8)17)12-7-13(23)14-11(22-12)2-4-21-15(14)16(20)24;1-7-5-6-10(11)9-4-2-3-8(7)9/h2,4,7-10H,1,3,5-6H2,(H2,20,24)(H,22,23);5-6H,2-4H2,1H3. The van der Waals surface area contributed by atoms with Gasteiger partial charge in [0, 0.05) is 30.3 Å². The number of hydrogen-bond acceptors (Lipinski definition) is 3. The molecule has 3 aliphatic carbocycles.